The standard InChI is InChI=1S/C16H22IN3S/c1-2-3-4-6-13-14(7-5-10-21-17)19-15-9-8-12(18)11-16(15)20-13/h8-9,11H,2-7,10,18H2,1H3. The predicted octanol–water partition coefficient (Wildman–Crippen LogP) is 4.96. The third kappa shape index (κ3) is 4.98. The van der Waals surface area contributed by atoms with Crippen LogP contribution in [0.5, 0.6) is 0 Å². The molecule has 0 radical (unpaired) electrons. The van der Waals surface area contributed by atoms with E-state index in [2.05, 4.69) is 28.1 Å². The minimum absolute atomic E-state index is 0.755. The number of benzene rings is 1. The van der Waals surface area contributed by atoms with Gasteiger partial charge >= 0.3 is 0 Å². The Bertz CT molecular complexity index is 589. The summed E-state index contributed by atoms with van der Waals surface area (Å²) < 4.78 is 0. The number of rotatable bonds is 8. The van der Waals surface area contributed by atoms with Gasteiger partial charge in [0.15, 0.2) is 0 Å². The zero-order valence-corrected chi connectivity index (χ0v) is 15.4. The molecule has 0 aliphatic carbocycles. The first-order valence-corrected chi connectivity index (χ1v) is 11.1. The van der Waals surface area contributed by atoms with Gasteiger partial charge in [-0.15, -0.1) is 0 Å². The largest absolute Gasteiger partial charge is 0.399 e. The van der Waals surface area contributed by atoms with E-state index >= 15 is 0 Å². The second kappa shape index (κ2) is 8.78. The van der Waals surface area contributed by atoms with E-state index in [1.54, 1.807) is 0 Å². The molecule has 0 aliphatic heterocycles. The summed E-state index contributed by atoms with van der Waals surface area (Å²) in [6.45, 7) is 2.23. The van der Waals surface area contributed by atoms with Gasteiger partial charge in [-0.1, -0.05) is 28.7 Å². The lowest BCUT2D eigenvalue weighted by molar-refractivity contribution is 0.697. The van der Waals surface area contributed by atoms with Crippen molar-refractivity contribution in [3.63, 3.8) is 0 Å². The first-order chi connectivity index (χ1) is 10.2. The van der Waals surface area contributed by atoms with Crippen LogP contribution in [0.15, 0.2) is 18.2 Å². The third-order valence-electron chi connectivity index (χ3n) is 3.50. The highest BCUT2D eigenvalue weighted by Gasteiger charge is 2.09. The van der Waals surface area contributed by atoms with Crippen molar-refractivity contribution in [2.24, 2.45) is 0 Å². The smallest absolute Gasteiger partial charge is 0.0910 e. The Morgan fingerprint density at radius 1 is 1.05 bits per heavy atom. The van der Waals surface area contributed by atoms with Crippen molar-refractivity contribution in [2.75, 3.05) is 11.5 Å². The van der Waals surface area contributed by atoms with Crippen LogP contribution in [0.1, 0.15) is 44.0 Å². The summed E-state index contributed by atoms with van der Waals surface area (Å²) in [5.74, 6) is 1.16. The number of fused-ring (bicyclic) bond motifs is 1. The minimum atomic E-state index is 0.755. The molecular weight excluding hydrogens is 393 g/mol. The number of hydrogen-bond donors (Lipinski definition) is 1. The lowest BCUT2D eigenvalue weighted by atomic mass is 10.1. The van der Waals surface area contributed by atoms with E-state index in [0.29, 0.717) is 0 Å². The Balaban J connectivity index is 2.27. The van der Waals surface area contributed by atoms with Crippen molar-refractivity contribution in [1.82, 2.24) is 9.97 Å². The van der Waals surface area contributed by atoms with Crippen LogP contribution in [0.4, 0.5) is 5.69 Å². The van der Waals surface area contributed by atoms with Gasteiger partial charge in [0, 0.05) is 11.4 Å². The zero-order chi connectivity index (χ0) is 15.1. The van der Waals surface area contributed by atoms with Crippen LogP contribution in [0.2, 0.25) is 0 Å². The molecule has 0 unspecified atom stereocenters. The first kappa shape index (κ1) is 16.8. The van der Waals surface area contributed by atoms with E-state index in [4.69, 9.17) is 15.7 Å². The van der Waals surface area contributed by atoms with Gasteiger partial charge in [-0.05, 0) is 65.1 Å². The van der Waals surface area contributed by atoms with Crippen molar-refractivity contribution in [2.45, 2.75) is 45.4 Å². The number of anilines is 1. The average Bonchev–Trinajstić information content (AvgIpc) is 2.48. The molecule has 0 fully saturated rings. The van der Waals surface area contributed by atoms with E-state index in [-0.39, 0.29) is 0 Å². The van der Waals surface area contributed by atoms with E-state index in [9.17, 15) is 0 Å². The Labute approximate surface area is 143 Å². The molecule has 1 aromatic heterocycles. The van der Waals surface area contributed by atoms with E-state index in [0.717, 1.165) is 41.7 Å². The highest BCUT2D eigenvalue weighted by Crippen LogP contribution is 2.20. The van der Waals surface area contributed by atoms with Crippen LogP contribution in [0.3, 0.4) is 0 Å². The van der Waals surface area contributed by atoms with Gasteiger partial charge in [0.2, 0.25) is 0 Å². The highest BCUT2D eigenvalue weighted by molar-refractivity contribution is 14.2. The molecule has 1 aromatic carbocycles. The first-order valence-electron chi connectivity index (χ1n) is 7.53. The maximum Gasteiger partial charge on any atom is 0.0910 e. The molecule has 0 saturated heterocycles. The van der Waals surface area contributed by atoms with Crippen LogP contribution in [-0.4, -0.2) is 15.7 Å². The summed E-state index contributed by atoms with van der Waals surface area (Å²) in [7, 11) is 1.86. The monoisotopic (exact) mass is 415 g/mol. The summed E-state index contributed by atoms with van der Waals surface area (Å²) in [5, 5.41) is 0. The fourth-order valence-electron chi connectivity index (χ4n) is 2.38. The maximum absolute atomic E-state index is 5.86. The van der Waals surface area contributed by atoms with Gasteiger partial charge < -0.3 is 5.73 Å². The summed E-state index contributed by atoms with van der Waals surface area (Å²) >= 11 is 2.35. The predicted molar refractivity (Wildman–Crippen MR) is 102 cm³/mol. The molecule has 2 aromatic rings. The van der Waals surface area contributed by atoms with Crippen LogP contribution >= 0.6 is 30.1 Å². The molecule has 0 saturated carbocycles. The summed E-state index contributed by atoms with van der Waals surface area (Å²) in [6, 6.07) is 5.80. The van der Waals surface area contributed by atoms with E-state index in [1.807, 2.05) is 27.1 Å². The zero-order valence-electron chi connectivity index (χ0n) is 12.4. The van der Waals surface area contributed by atoms with Crippen LogP contribution < -0.4 is 5.73 Å². The normalized spacial score (nSPS) is 11.1. The lowest BCUT2D eigenvalue weighted by Gasteiger charge is -2.10. The molecule has 0 bridgehead atoms. The molecule has 21 heavy (non-hydrogen) atoms. The maximum atomic E-state index is 5.86. The molecule has 114 valence electrons. The number of hydrogen-bond acceptors (Lipinski definition) is 4. The Kier molecular flexibility index (Phi) is 7.03. The van der Waals surface area contributed by atoms with Crippen molar-refractivity contribution < 1.29 is 0 Å². The van der Waals surface area contributed by atoms with Gasteiger partial charge in [-0.3, -0.25) is 0 Å². The Morgan fingerprint density at radius 2 is 1.76 bits per heavy atom. The second-order valence-electron chi connectivity index (χ2n) is 5.24. The van der Waals surface area contributed by atoms with Crippen molar-refractivity contribution in [1.29, 1.82) is 0 Å². The third-order valence-corrected chi connectivity index (χ3v) is 5.26. The van der Waals surface area contributed by atoms with Gasteiger partial charge in [0.1, 0.15) is 0 Å². The second-order valence-corrected chi connectivity index (χ2v) is 7.73. The Hall–Kier alpha value is -0.560. The topological polar surface area (TPSA) is 51.8 Å². The van der Waals surface area contributed by atoms with Gasteiger partial charge in [0.05, 0.1) is 22.4 Å². The number of nitrogens with zero attached hydrogens (tertiary/aromatic N) is 2. The van der Waals surface area contributed by atoms with Crippen molar-refractivity contribution in [3.8, 4) is 0 Å². The highest BCUT2D eigenvalue weighted by atomic mass is 127. The number of halogens is 1. The molecule has 3 nitrogen and oxygen atoms in total. The quantitative estimate of drug-likeness (QED) is 0.376. The van der Waals surface area contributed by atoms with Gasteiger partial charge in [-0.25, -0.2) is 9.97 Å². The Morgan fingerprint density at radius 3 is 2.48 bits per heavy atom. The molecule has 0 aliphatic rings. The molecule has 2 N–H and O–H groups in total. The molecule has 0 spiro atoms. The van der Waals surface area contributed by atoms with E-state index in [1.165, 1.54) is 30.7 Å². The molecule has 5 heteroatoms. The number of unbranched alkanes of at least 4 members (excludes halogenated alkanes) is 2. The number of aromatic nitrogens is 2. The molecule has 2 rings (SSSR count). The van der Waals surface area contributed by atoms with Crippen molar-refractivity contribution >= 4 is 46.9 Å². The van der Waals surface area contributed by atoms with Gasteiger partial charge in [0.25, 0.3) is 0 Å². The molecular formula is C16H22IN3S. The molecule has 0 atom stereocenters. The average molecular weight is 415 g/mol. The minimum Gasteiger partial charge on any atom is -0.399 e. The fourth-order valence-corrected chi connectivity index (χ4v) is 3.57. The van der Waals surface area contributed by atoms with Crippen LogP contribution in [0, 0.1) is 0 Å². The SMILES string of the molecule is CCCCCc1nc2cc(N)ccc2nc1CCCSI. The number of nitrogens with two attached hydrogens (primary N) is 1. The van der Waals surface area contributed by atoms with Crippen molar-refractivity contribution in [3.05, 3.63) is 29.6 Å². The summed E-state index contributed by atoms with van der Waals surface area (Å²) in [5.41, 5.74) is 10.8. The van der Waals surface area contributed by atoms with Crippen LogP contribution in [-0.2, 0) is 12.8 Å². The summed E-state index contributed by atoms with van der Waals surface area (Å²) in [6.07, 6.45) is 6.87. The molecule has 1 heterocycles. The molecule has 0 amide bonds. The number of nitrogen functional groups attached to an aromatic ring is 1. The van der Waals surface area contributed by atoms with Gasteiger partial charge in [-0.2, -0.15) is 0 Å². The summed E-state index contributed by atoms with van der Waals surface area (Å²) in [4.78, 5) is 9.67. The van der Waals surface area contributed by atoms with Crippen LogP contribution in [0.25, 0.3) is 11.0 Å². The fraction of sp³-hybridized carbons (Fsp3) is 0.500. The van der Waals surface area contributed by atoms with E-state index < -0.39 is 0 Å². The number of aryl methyl sites for hydroxylation is 2. The lowest BCUT2D eigenvalue weighted by Crippen LogP contribution is -2.04.